The second kappa shape index (κ2) is 7.78. The molecule has 1 saturated heterocycles. The number of nitrogens with one attached hydrogen (secondary N) is 1. The first kappa shape index (κ1) is 18.1. The number of amides is 1. The van der Waals surface area contributed by atoms with Crippen LogP contribution >= 0.6 is 11.7 Å². The van der Waals surface area contributed by atoms with Gasteiger partial charge < -0.3 is 9.73 Å². The van der Waals surface area contributed by atoms with Crippen LogP contribution in [0.4, 0.5) is 0 Å². The normalized spacial score (nSPS) is 16.1. The van der Waals surface area contributed by atoms with Crippen molar-refractivity contribution in [1.82, 2.24) is 19.0 Å². The third-order valence-corrected chi connectivity index (χ3v) is 5.87. The monoisotopic (exact) mass is 384 g/mol. The minimum Gasteiger partial charge on any atom is -0.466 e. The lowest BCUT2D eigenvalue weighted by molar-refractivity contribution is 0.0935. The van der Waals surface area contributed by atoms with Crippen molar-refractivity contribution in [2.45, 2.75) is 33.2 Å². The molecule has 0 aliphatic carbocycles. The fourth-order valence-corrected chi connectivity index (χ4v) is 4.21. The van der Waals surface area contributed by atoms with E-state index in [2.05, 4.69) is 25.0 Å². The van der Waals surface area contributed by atoms with E-state index in [1.54, 1.807) is 0 Å². The SMILES string of the molecule is Cc1cc(CN2CCC(CNC(=O)c3ccc4nsnc4c3)CC2)c(C)o1. The highest BCUT2D eigenvalue weighted by atomic mass is 32.1. The van der Waals surface area contributed by atoms with E-state index in [9.17, 15) is 4.79 Å². The van der Waals surface area contributed by atoms with E-state index in [-0.39, 0.29) is 5.91 Å². The molecule has 1 N–H and O–H groups in total. The summed E-state index contributed by atoms with van der Waals surface area (Å²) >= 11 is 1.17. The number of piperidine rings is 1. The molecule has 7 heteroatoms. The molecule has 1 fully saturated rings. The van der Waals surface area contributed by atoms with E-state index in [1.165, 1.54) is 17.3 Å². The number of furan rings is 1. The Hall–Kier alpha value is -2.25. The minimum absolute atomic E-state index is 0.0307. The predicted octanol–water partition coefficient (Wildman–Crippen LogP) is 3.54. The van der Waals surface area contributed by atoms with Gasteiger partial charge in [0.2, 0.25) is 0 Å². The number of carbonyl (C=O) groups is 1. The number of hydrogen-bond acceptors (Lipinski definition) is 6. The summed E-state index contributed by atoms with van der Waals surface area (Å²) in [5.41, 5.74) is 3.56. The maximum Gasteiger partial charge on any atom is 0.251 e. The number of hydrogen-bond donors (Lipinski definition) is 1. The molecule has 0 bridgehead atoms. The average Bonchev–Trinajstić information content (AvgIpc) is 3.26. The van der Waals surface area contributed by atoms with Gasteiger partial charge in [0, 0.05) is 24.2 Å². The van der Waals surface area contributed by atoms with Crippen molar-refractivity contribution in [1.29, 1.82) is 0 Å². The van der Waals surface area contributed by atoms with E-state index in [0.29, 0.717) is 11.5 Å². The zero-order chi connectivity index (χ0) is 18.8. The van der Waals surface area contributed by atoms with E-state index in [1.807, 2.05) is 32.0 Å². The zero-order valence-electron chi connectivity index (χ0n) is 15.7. The Balaban J connectivity index is 1.25. The van der Waals surface area contributed by atoms with Crippen LogP contribution in [0.1, 0.15) is 40.3 Å². The fourth-order valence-electron chi connectivity index (χ4n) is 3.69. The Kier molecular flexibility index (Phi) is 5.22. The molecule has 3 heterocycles. The van der Waals surface area contributed by atoms with Gasteiger partial charge in [-0.05, 0) is 70.0 Å². The summed E-state index contributed by atoms with van der Waals surface area (Å²) in [7, 11) is 0. The summed E-state index contributed by atoms with van der Waals surface area (Å²) in [5, 5.41) is 3.09. The summed E-state index contributed by atoms with van der Waals surface area (Å²) < 4.78 is 14.0. The Morgan fingerprint density at radius 2 is 2.00 bits per heavy atom. The van der Waals surface area contributed by atoms with Crippen LogP contribution in [0.5, 0.6) is 0 Å². The largest absolute Gasteiger partial charge is 0.466 e. The molecule has 0 spiro atoms. The van der Waals surface area contributed by atoms with Crippen molar-refractivity contribution in [3.63, 3.8) is 0 Å². The molecule has 2 aromatic heterocycles. The predicted molar refractivity (Wildman–Crippen MR) is 106 cm³/mol. The molecular formula is C20H24N4O2S. The van der Waals surface area contributed by atoms with Gasteiger partial charge in [0.05, 0.1) is 11.7 Å². The molecule has 1 amide bonds. The van der Waals surface area contributed by atoms with Crippen LogP contribution in [0.25, 0.3) is 11.0 Å². The number of likely N-dealkylation sites (tertiary alicyclic amines) is 1. The number of nitrogens with zero attached hydrogens (tertiary/aromatic N) is 3. The number of aryl methyl sites for hydroxylation is 2. The van der Waals surface area contributed by atoms with Gasteiger partial charge in [-0.3, -0.25) is 9.69 Å². The van der Waals surface area contributed by atoms with Crippen LogP contribution < -0.4 is 5.32 Å². The van der Waals surface area contributed by atoms with Crippen LogP contribution in [0.3, 0.4) is 0 Å². The number of fused-ring (bicyclic) bond motifs is 1. The van der Waals surface area contributed by atoms with Crippen molar-refractivity contribution in [3.8, 4) is 0 Å². The molecule has 0 unspecified atom stereocenters. The number of benzene rings is 1. The highest BCUT2D eigenvalue weighted by Crippen LogP contribution is 2.21. The molecule has 4 rings (SSSR count). The van der Waals surface area contributed by atoms with Gasteiger partial charge in [-0.2, -0.15) is 8.75 Å². The maximum absolute atomic E-state index is 12.4. The molecule has 0 atom stereocenters. The van der Waals surface area contributed by atoms with Crippen LogP contribution in [0, 0.1) is 19.8 Å². The van der Waals surface area contributed by atoms with Crippen LogP contribution in [-0.4, -0.2) is 39.2 Å². The molecule has 1 aromatic carbocycles. The van der Waals surface area contributed by atoms with Crippen LogP contribution in [0.2, 0.25) is 0 Å². The molecule has 1 aliphatic heterocycles. The first-order valence-electron chi connectivity index (χ1n) is 9.37. The molecule has 1 aliphatic rings. The first-order chi connectivity index (χ1) is 13.1. The van der Waals surface area contributed by atoms with Crippen LogP contribution in [-0.2, 0) is 6.54 Å². The average molecular weight is 385 g/mol. The van der Waals surface area contributed by atoms with Gasteiger partial charge in [-0.1, -0.05) is 0 Å². The van der Waals surface area contributed by atoms with Gasteiger partial charge in [-0.25, -0.2) is 0 Å². The summed E-state index contributed by atoms with van der Waals surface area (Å²) in [4.78, 5) is 14.9. The maximum atomic E-state index is 12.4. The standard InChI is InChI=1S/C20H24N4O2S/c1-13-9-17(14(2)26-13)12-24-7-5-15(6-8-24)11-21-20(25)16-3-4-18-19(10-16)23-27-22-18/h3-4,9-10,15H,5-8,11-12H2,1-2H3,(H,21,25). The Morgan fingerprint density at radius 3 is 2.74 bits per heavy atom. The summed E-state index contributed by atoms with van der Waals surface area (Å²) in [6.07, 6.45) is 2.20. The van der Waals surface area contributed by atoms with Crippen molar-refractivity contribution in [2.75, 3.05) is 19.6 Å². The summed E-state index contributed by atoms with van der Waals surface area (Å²) in [6, 6.07) is 7.62. The van der Waals surface area contributed by atoms with E-state index < -0.39 is 0 Å². The lowest BCUT2D eigenvalue weighted by Gasteiger charge is -2.31. The number of aromatic nitrogens is 2. The van der Waals surface area contributed by atoms with Crippen LogP contribution in [0.15, 0.2) is 28.7 Å². The second-order valence-corrected chi connectivity index (χ2v) is 7.86. The summed E-state index contributed by atoms with van der Waals surface area (Å²) in [5.74, 6) is 2.50. The summed E-state index contributed by atoms with van der Waals surface area (Å²) in [6.45, 7) is 7.81. The lowest BCUT2D eigenvalue weighted by atomic mass is 9.96. The van der Waals surface area contributed by atoms with Gasteiger partial charge in [0.15, 0.2) is 0 Å². The van der Waals surface area contributed by atoms with E-state index >= 15 is 0 Å². The molecule has 0 saturated carbocycles. The zero-order valence-corrected chi connectivity index (χ0v) is 16.5. The molecule has 3 aromatic rings. The quantitative estimate of drug-likeness (QED) is 0.728. The topological polar surface area (TPSA) is 71.3 Å². The van der Waals surface area contributed by atoms with Crippen molar-refractivity contribution in [3.05, 3.63) is 46.9 Å². The van der Waals surface area contributed by atoms with Gasteiger partial charge in [-0.15, -0.1) is 0 Å². The van der Waals surface area contributed by atoms with Gasteiger partial charge >= 0.3 is 0 Å². The number of rotatable bonds is 5. The lowest BCUT2D eigenvalue weighted by Crippen LogP contribution is -2.38. The highest BCUT2D eigenvalue weighted by Gasteiger charge is 2.21. The van der Waals surface area contributed by atoms with Crippen molar-refractivity contribution < 1.29 is 9.21 Å². The molecule has 0 radical (unpaired) electrons. The Morgan fingerprint density at radius 1 is 1.22 bits per heavy atom. The third kappa shape index (κ3) is 4.20. The third-order valence-electron chi connectivity index (χ3n) is 5.31. The van der Waals surface area contributed by atoms with Crippen molar-refractivity contribution >= 4 is 28.7 Å². The Bertz CT molecular complexity index is 941. The minimum atomic E-state index is -0.0307. The molecule has 27 heavy (non-hydrogen) atoms. The van der Waals surface area contributed by atoms with Gasteiger partial charge in [0.25, 0.3) is 5.91 Å². The van der Waals surface area contributed by atoms with Crippen molar-refractivity contribution in [2.24, 2.45) is 5.92 Å². The molecule has 6 nitrogen and oxygen atoms in total. The number of carbonyl (C=O) groups excluding carboxylic acids is 1. The fraction of sp³-hybridized carbons (Fsp3) is 0.450. The smallest absolute Gasteiger partial charge is 0.251 e. The van der Waals surface area contributed by atoms with E-state index in [0.717, 1.165) is 61.6 Å². The highest BCUT2D eigenvalue weighted by molar-refractivity contribution is 7.00. The first-order valence-corrected chi connectivity index (χ1v) is 10.1. The molecule has 142 valence electrons. The Labute approximate surface area is 162 Å². The second-order valence-electron chi connectivity index (χ2n) is 7.34. The van der Waals surface area contributed by atoms with E-state index in [4.69, 9.17) is 4.42 Å². The molecular weight excluding hydrogens is 360 g/mol. The van der Waals surface area contributed by atoms with Gasteiger partial charge in [0.1, 0.15) is 22.6 Å².